The zero-order chi connectivity index (χ0) is 25.9. The number of nitrogens with zero attached hydrogens (tertiary/aromatic N) is 4. The number of benzene rings is 2. The van der Waals surface area contributed by atoms with Crippen LogP contribution in [0.2, 0.25) is 5.02 Å². The minimum atomic E-state index is -0.283. The first-order valence-corrected chi connectivity index (χ1v) is 12.8. The molecule has 3 rings (SSSR count). The highest BCUT2D eigenvalue weighted by Crippen LogP contribution is 2.18. The molecule has 0 bridgehead atoms. The summed E-state index contributed by atoms with van der Waals surface area (Å²) in [5, 5.41) is 5.90. The van der Waals surface area contributed by atoms with E-state index in [4.69, 9.17) is 16.3 Å². The molecule has 2 aromatic carbocycles. The van der Waals surface area contributed by atoms with Gasteiger partial charge in [-0.25, -0.2) is 9.78 Å². The first-order chi connectivity index (χ1) is 17.4. The molecule has 0 fully saturated rings. The summed E-state index contributed by atoms with van der Waals surface area (Å²) in [6.45, 7) is 2.84. The Hall–Kier alpha value is -2.98. The van der Waals surface area contributed by atoms with Crippen LogP contribution in [0.5, 0.6) is 0 Å². The number of rotatable bonds is 12. The van der Waals surface area contributed by atoms with Gasteiger partial charge in [0.25, 0.3) is 5.91 Å². The highest BCUT2D eigenvalue weighted by Gasteiger charge is 2.21. The van der Waals surface area contributed by atoms with Crippen LogP contribution in [0.25, 0.3) is 0 Å². The number of halogens is 1. The van der Waals surface area contributed by atoms with E-state index in [1.54, 1.807) is 41.7 Å². The van der Waals surface area contributed by atoms with Crippen LogP contribution in [0.1, 0.15) is 21.1 Å². The van der Waals surface area contributed by atoms with Gasteiger partial charge < -0.3 is 24.8 Å². The number of urea groups is 1. The van der Waals surface area contributed by atoms with E-state index in [1.807, 2.05) is 54.2 Å². The predicted octanol–water partition coefficient (Wildman–Crippen LogP) is 4.68. The Balaban J connectivity index is 1.70. The summed E-state index contributed by atoms with van der Waals surface area (Å²) in [6.07, 6.45) is 0. The molecule has 0 aliphatic rings. The second kappa shape index (κ2) is 13.9. The number of likely N-dealkylation sites (N-methyl/N-ethyl adjacent to an activating group) is 1. The van der Waals surface area contributed by atoms with E-state index >= 15 is 0 Å². The summed E-state index contributed by atoms with van der Waals surface area (Å²) >= 11 is 7.30. The van der Waals surface area contributed by atoms with Crippen molar-refractivity contribution in [2.75, 3.05) is 52.8 Å². The van der Waals surface area contributed by atoms with Crippen molar-refractivity contribution >= 4 is 40.6 Å². The van der Waals surface area contributed by atoms with Crippen LogP contribution in [0.4, 0.5) is 10.5 Å². The minimum Gasteiger partial charge on any atom is -0.383 e. The molecular formula is C26H32ClN5O3S. The largest absolute Gasteiger partial charge is 0.383 e. The van der Waals surface area contributed by atoms with Crippen molar-refractivity contribution in [3.8, 4) is 0 Å². The average Bonchev–Trinajstić information content (AvgIpc) is 3.34. The third kappa shape index (κ3) is 8.60. The van der Waals surface area contributed by atoms with Crippen LogP contribution in [0.3, 0.4) is 0 Å². The van der Waals surface area contributed by atoms with E-state index in [1.165, 1.54) is 11.3 Å². The first-order valence-electron chi connectivity index (χ1n) is 11.6. The van der Waals surface area contributed by atoms with Gasteiger partial charge in [-0.05, 0) is 43.9 Å². The van der Waals surface area contributed by atoms with E-state index in [0.717, 1.165) is 12.1 Å². The van der Waals surface area contributed by atoms with Crippen LogP contribution >= 0.6 is 22.9 Å². The summed E-state index contributed by atoms with van der Waals surface area (Å²) in [6, 6.07) is 16.5. The van der Waals surface area contributed by atoms with Crippen LogP contribution < -0.4 is 5.32 Å². The number of anilines is 1. The first kappa shape index (κ1) is 27.6. The SMILES string of the molecule is COCCN(Cc1nc(C(=O)N(CCN(C)C)Cc2ccccc2)cs1)C(=O)Nc1ccc(Cl)cc1. The number of carbonyl (C=O) groups excluding carboxylic acids is 2. The second-order valence-electron chi connectivity index (χ2n) is 8.49. The maximum absolute atomic E-state index is 13.4. The van der Waals surface area contributed by atoms with Gasteiger partial charge in [-0.1, -0.05) is 41.9 Å². The van der Waals surface area contributed by atoms with Crippen molar-refractivity contribution < 1.29 is 14.3 Å². The molecule has 3 aromatic rings. The third-order valence-electron chi connectivity index (χ3n) is 5.37. The molecule has 0 saturated carbocycles. The molecule has 0 aliphatic carbocycles. The van der Waals surface area contributed by atoms with E-state index in [9.17, 15) is 9.59 Å². The van der Waals surface area contributed by atoms with Crippen molar-refractivity contribution in [2.24, 2.45) is 0 Å². The lowest BCUT2D eigenvalue weighted by molar-refractivity contribution is 0.0726. The van der Waals surface area contributed by atoms with Gasteiger partial charge in [0, 0.05) is 49.4 Å². The zero-order valence-electron chi connectivity index (χ0n) is 20.8. The van der Waals surface area contributed by atoms with Crippen LogP contribution in [-0.4, -0.2) is 79.1 Å². The molecule has 1 heterocycles. The highest BCUT2D eigenvalue weighted by molar-refractivity contribution is 7.09. The third-order valence-corrected chi connectivity index (χ3v) is 6.45. The normalized spacial score (nSPS) is 10.9. The maximum atomic E-state index is 13.4. The summed E-state index contributed by atoms with van der Waals surface area (Å²) in [7, 11) is 5.55. The van der Waals surface area contributed by atoms with Crippen molar-refractivity contribution in [3.63, 3.8) is 0 Å². The molecule has 1 aromatic heterocycles. The summed E-state index contributed by atoms with van der Waals surface area (Å²) in [5.74, 6) is -0.128. The van der Waals surface area contributed by atoms with Gasteiger partial charge in [0.15, 0.2) is 0 Å². The quantitative estimate of drug-likeness (QED) is 0.368. The molecule has 0 atom stereocenters. The zero-order valence-corrected chi connectivity index (χ0v) is 22.4. The maximum Gasteiger partial charge on any atom is 0.322 e. The number of carbonyl (C=O) groups is 2. The monoisotopic (exact) mass is 529 g/mol. The number of hydrogen-bond acceptors (Lipinski definition) is 6. The lowest BCUT2D eigenvalue weighted by Crippen LogP contribution is -2.37. The summed E-state index contributed by atoms with van der Waals surface area (Å²) in [5.41, 5.74) is 2.08. The van der Waals surface area contributed by atoms with E-state index in [2.05, 4.69) is 10.3 Å². The molecule has 8 nitrogen and oxygen atoms in total. The lowest BCUT2D eigenvalue weighted by Gasteiger charge is -2.24. The Labute approximate surface area is 221 Å². The van der Waals surface area contributed by atoms with Crippen LogP contribution in [0.15, 0.2) is 60.0 Å². The smallest absolute Gasteiger partial charge is 0.322 e. The fourth-order valence-electron chi connectivity index (χ4n) is 3.37. The van der Waals surface area contributed by atoms with Crippen LogP contribution in [-0.2, 0) is 17.8 Å². The van der Waals surface area contributed by atoms with E-state index < -0.39 is 0 Å². The standard InChI is InChI=1S/C26H32ClN5O3S/c1-30(2)13-14-31(17-20-7-5-4-6-8-20)25(33)23-19-36-24(29-23)18-32(15-16-35-3)26(34)28-22-11-9-21(27)10-12-22/h4-12,19H,13-18H2,1-3H3,(H,28,34). The predicted molar refractivity (Wildman–Crippen MR) is 145 cm³/mol. The Morgan fingerprint density at radius 2 is 1.69 bits per heavy atom. The molecule has 3 amide bonds. The van der Waals surface area contributed by atoms with Crippen molar-refractivity contribution in [1.29, 1.82) is 0 Å². The number of amides is 3. The molecule has 0 saturated heterocycles. The van der Waals surface area contributed by atoms with Crippen molar-refractivity contribution in [1.82, 2.24) is 19.7 Å². The molecule has 0 aliphatic heterocycles. The van der Waals surface area contributed by atoms with E-state index in [-0.39, 0.29) is 18.5 Å². The molecule has 0 unspecified atom stereocenters. The van der Waals surface area contributed by atoms with Gasteiger partial charge in [-0.2, -0.15) is 0 Å². The molecular weight excluding hydrogens is 498 g/mol. The fourth-order valence-corrected chi connectivity index (χ4v) is 4.28. The van der Waals surface area contributed by atoms with Gasteiger partial charge in [-0.15, -0.1) is 11.3 Å². The summed E-state index contributed by atoms with van der Waals surface area (Å²) < 4.78 is 5.18. The number of nitrogens with one attached hydrogen (secondary N) is 1. The lowest BCUT2D eigenvalue weighted by atomic mass is 10.2. The average molecular weight is 530 g/mol. The topological polar surface area (TPSA) is 78.0 Å². The second-order valence-corrected chi connectivity index (χ2v) is 9.87. The van der Waals surface area contributed by atoms with Gasteiger partial charge in [0.1, 0.15) is 10.7 Å². The summed E-state index contributed by atoms with van der Waals surface area (Å²) in [4.78, 5) is 36.3. The Bertz CT molecular complexity index is 1110. The van der Waals surface area contributed by atoms with Crippen LogP contribution in [0, 0.1) is 0 Å². The Morgan fingerprint density at radius 3 is 2.36 bits per heavy atom. The molecule has 1 N–H and O–H groups in total. The van der Waals surface area contributed by atoms with Crippen molar-refractivity contribution in [2.45, 2.75) is 13.1 Å². The molecule has 36 heavy (non-hydrogen) atoms. The number of thiazole rings is 1. The number of methoxy groups -OCH3 is 1. The number of aromatic nitrogens is 1. The van der Waals surface area contributed by atoms with Crippen molar-refractivity contribution in [3.05, 3.63) is 81.3 Å². The Kier molecular flexibility index (Phi) is 10.7. The highest BCUT2D eigenvalue weighted by atomic mass is 35.5. The Morgan fingerprint density at radius 1 is 0.972 bits per heavy atom. The number of hydrogen-bond donors (Lipinski definition) is 1. The van der Waals surface area contributed by atoms with Gasteiger partial charge >= 0.3 is 6.03 Å². The minimum absolute atomic E-state index is 0.128. The van der Waals surface area contributed by atoms with Gasteiger partial charge in [0.05, 0.1) is 13.2 Å². The fraction of sp³-hybridized carbons (Fsp3) is 0.346. The van der Waals surface area contributed by atoms with Gasteiger partial charge in [-0.3, -0.25) is 4.79 Å². The molecule has 0 radical (unpaired) electrons. The number of ether oxygens (including phenoxy) is 1. The van der Waals surface area contributed by atoms with Gasteiger partial charge in [0.2, 0.25) is 0 Å². The molecule has 0 spiro atoms. The molecule has 192 valence electrons. The van der Waals surface area contributed by atoms with E-state index in [0.29, 0.717) is 47.7 Å². The molecule has 10 heteroatoms.